The Bertz CT molecular complexity index is 4080. The predicted molar refractivity (Wildman–Crippen MR) is 295 cm³/mol. The van der Waals surface area contributed by atoms with Crippen molar-refractivity contribution in [2.45, 2.75) is 0 Å². The zero-order valence-corrected chi connectivity index (χ0v) is 39.8. The molecule has 0 saturated heterocycles. The van der Waals surface area contributed by atoms with Crippen LogP contribution in [0.5, 0.6) is 0 Å². The molecule has 0 radical (unpaired) electrons. The zero-order valence-electron chi connectivity index (χ0n) is 39.8. The summed E-state index contributed by atoms with van der Waals surface area (Å²) in [5.41, 5.74) is 13.5. The molecule has 12 rings (SSSR count). The van der Waals surface area contributed by atoms with E-state index >= 15 is 0 Å². The maximum Gasteiger partial charge on any atom is 0.189 e. The molecule has 3 heterocycles. The summed E-state index contributed by atoms with van der Waals surface area (Å²) in [6.45, 7) is 15.6. The van der Waals surface area contributed by atoms with Crippen molar-refractivity contribution in [3.05, 3.63) is 252 Å². The SMILES string of the molecule is [C-]#[N+]c1cc(C#N)cc(-c2ccc3c(c2)c2cc(-c4cc(C#N)cc([N+]#[C-])c4)ccc2n3-c2ccc(-c3nc(-c4ccccc4)nc(-c4ccccc4)n3)cc2-c2cc(-c3ccccc3)nc(-c3ccccc3)n2)c1. The Morgan fingerprint density at radius 2 is 0.760 bits per heavy atom. The fraction of sp³-hybridized carbons (Fsp3) is 0. The molecule has 0 spiro atoms. The van der Waals surface area contributed by atoms with Crippen LogP contribution in [0.3, 0.4) is 0 Å². The van der Waals surface area contributed by atoms with E-state index in [-0.39, 0.29) is 0 Å². The molecule has 10 nitrogen and oxygen atoms in total. The van der Waals surface area contributed by atoms with E-state index in [4.69, 9.17) is 38.1 Å². The molecule has 346 valence electrons. The average Bonchev–Trinajstić information content (AvgIpc) is 3.88. The molecule has 0 aliphatic carbocycles. The van der Waals surface area contributed by atoms with Crippen molar-refractivity contribution < 1.29 is 0 Å². The molecular weight excluding hydrogens is 921 g/mol. The van der Waals surface area contributed by atoms with Crippen molar-refractivity contribution >= 4 is 33.2 Å². The quantitative estimate of drug-likeness (QED) is 0.132. The fourth-order valence-electron chi connectivity index (χ4n) is 9.53. The third-order valence-electron chi connectivity index (χ3n) is 13.1. The first kappa shape index (κ1) is 45.0. The lowest BCUT2D eigenvalue weighted by Gasteiger charge is -2.17. The highest BCUT2D eigenvalue weighted by atomic mass is 15.0. The molecule has 0 bridgehead atoms. The van der Waals surface area contributed by atoms with Crippen LogP contribution < -0.4 is 0 Å². The Kier molecular flexibility index (Phi) is 11.5. The predicted octanol–water partition coefficient (Wildman–Crippen LogP) is 15.9. The molecule has 0 aliphatic rings. The van der Waals surface area contributed by atoms with Crippen LogP contribution in [0.1, 0.15) is 11.1 Å². The van der Waals surface area contributed by atoms with Gasteiger partial charge >= 0.3 is 0 Å². The third-order valence-corrected chi connectivity index (χ3v) is 13.1. The lowest BCUT2D eigenvalue weighted by Crippen LogP contribution is -2.03. The van der Waals surface area contributed by atoms with Crippen LogP contribution in [0.2, 0.25) is 0 Å². The number of benzene rings is 9. The van der Waals surface area contributed by atoms with Crippen LogP contribution in [0.4, 0.5) is 11.4 Å². The van der Waals surface area contributed by atoms with Gasteiger partial charge in [-0.15, -0.1) is 0 Å². The van der Waals surface area contributed by atoms with E-state index in [0.29, 0.717) is 51.5 Å². The van der Waals surface area contributed by atoms with Gasteiger partial charge < -0.3 is 4.57 Å². The first-order chi connectivity index (χ1) is 36.9. The molecule has 0 saturated carbocycles. The molecule has 3 aromatic heterocycles. The minimum absolute atomic E-state index is 0.367. The first-order valence-electron chi connectivity index (χ1n) is 23.9. The lowest BCUT2D eigenvalue weighted by molar-refractivity contribution is 1.07. The summed E-state index contributed by atoms with van der Waals surface area (Å²) in [6.07, 6.45) is 0. The average molecular weight is 957 g/mol. The van der Waals surface area contributed by atoms with Crippen LogP contribution in [0.25, 0.3) is 128 Å². The van der Waals surface area contributed by atoms with Crippen molar-refractivity contribution in [3.8, 4) is 108 Å². The van der Waals surface area contributed by atoms with E-state index in [0.717, 1.165) is 88.8 Å². The van der Waals surface area contributed by atoms with Crippen LogP contribution >= 0.6 is 0 Å². The molecule has 10 heteroatoms. The highest BCUT2D eigenvalue weighted by Gasteiger charge is 2.22. The summed E-state index contributed by atoms with van der Waals surface area (Å²) in [6, 6.07) is 75.2. The topological polar surface area (TPSA) is 126 Å². The monoisotopic (exact) mass is 956 g/mol. The second-order valence-electron chi connectivity index (χ2n) is 17.7. The van der Waals surface area contributed by atoms with E-state index < -0.39 is 0 Å². The maximum absolute atomic E-state index is 9.98. The highest BCUT2D eigenvalue weighted by molar-refractivity contribution is 6.12. The molecule has 0 atom stereocenters. The molecular formula is C65H36N10. The lowest BCUT2D eigenvalue weighted by atomic mass is 9.98. The van der Waals surface area contributed by atoms with Crippen molar-refractivity contribution in [1.82, 2.24) is 29.5 Å². The second-order valence-corrected chi connectivity index (χ2v) is 17.7. The van der Waals surface area contributed by atoms with E-state index in [2.05, 4.69) is 62.8 Å². The van der Waals surface area contributed by atoms with Gasteiger partial charge in [-0.3, -0.25) is 0 Å². The molecule has 0 aliphatic heterocycles. The Hall–Kier alpha value is -11.2. The van der Waals surface area contributed by atoms with Crippen LogP contribution in [0.15, 0.2) is 218 Å². The molecule has 0 unspecified atom stereocenters. The number of hydrogen-bond acceptors (Lipinski definition) is 7. The van der Waals surface area contributed by atoms with Crippen LogP contribution in [-0.4, -0.2) is 29.5 Å². The molecule has 0 N–H and O–H groups in total. The number of hydrogen-bond donors (Lipinski definition) is 0. The Morgan fingerprint density at radius 1 is 0.347 bits per heavy atom. The van der Waals surface area contributed by atoms with Gasteiger partial charge in [0.05, 0.1) is 53.4 Å². The second kappa shape index (κ2) is 19.2. The van der Waals surface area contributed by atoms with Crippen molar-refractivity contribution in [3.63, 3.8) is 0 Å². The van der Waals surface area contributed by atoms with E-state index in [1.807, 2.05) is 146 Å². The van der Waals surface area contributed by atoms with Crippen LogP contribution in [0, 0.1) is 35.8 Å². The Morgan fingerprint density at radius 3 is 1.21 bits per heavy atom. The maximum atomic E-state index is 9.98. The Balaban J connectivity index is 1.16. The number of aromatic nitrogens is 6. The normalized spacial score (nSPS) is 10.9. The minimum Gasteiger partial charge on any atom is -0.309 e. The van der Waals surface area contributed by atoms with Gasteiger partial charge in [-0.25, -0.2) is 34.6 Å². The van der Waals surface area contributed by atoms with Gasteiger partial charge in [0.1, 0.15) is 0 Å². The molecule has 75 heavy (non-hydrogen) atoms. The van der Waals surface area contributed by atoms with Crippen molar-refractivity contribution in [2.75, 3.05) is 0 Å². The number of nitrogens with zero attached hydrogens (tertiary/aromatic N) is 10. The molecule has 9 aromatic carbocycles. The van der Waals surface area contributed by atoms with Crippen molar-refractivity contribution in [1.29, 1.82) is 10.5 Å². The summed E-state index contributed by atoms with van der Waals surface area (Å²) in [7, 11) is 0. The summed E-state index contributed by atoms with van der Waals surface area (Å²) in [4.78, 5) is 33.2. The minimum atomic E-state index is 0.367. The fourth-order valence-corrected chi connectivity index (χ4v) is 9.53. The zero-order chi connectivity index (χ0) is 50.8. The van der Waals surface area contributed by atoms with Gasteiger partial charge in [0, 0.05) is 55.3 Å². The summed E-state index contributed by atoms with van der Waals surface area (Å²) < 4.78 is 2.23. The Labute approximate surface area is 431 Å². The van der Waals surface area contributed by atoms with Gasteiger partial charge in [0.25, 0.3) is 0 Å². The van der Waals surface area contributed by atoms with Gasteiger partial charge in [-0.1, -0.05) is 133 Å². The standard InChI is InChI=1S/C65H36N10/c1-68-52-31-41(39-66)29-50(33-52)47-23-26-59-54(35-47)55-36-48(51-30-42(40-67)32-53(34-51)69-2)24-27-60(55)75(59)61-28-25-49(65-73-63(45-19-11-5-12-20-45)72-64(74-65)46-21-13-6-14-22-46)37-56(61)58-38-57(43-15-7-3-8-16-43)70-62(71-58)44-17-9-4-10-18-44/h3-38H. The van der Waals surface area contributed by atoms with Gasteiger partial charge in [-0.05, 0) is 107 Å². The molecule has 0 fully saturated rings. The number of nitriles is 2. The van der Waals surface area contributed by atoms with Crippen LogP contribution in [-0.2, 0) is 0 Å². The first-order valence-corrected chi connectivity index (χ1v) is 23.9. The summed E-state index contributed by atoms with van der Waals surface area (Å²) in [5, 5.41) is 21.7. The van der Waals surface area contributed by atoms with E-state index in [1.54, 1.807) is 36.4 Å². The van der Waals surface area contributed by atoms with Gasteiger partial charge in [0.15, 0.2) is 34.7 Å². The van der Waals surface area contributed by atoms with Gasteiger partial charge in [0.2, 0.25) is 0 Å². The van der Waals surface area contributed by atoms with E-state index in [1.165, 1.54) is 0 Å². The summed E-state index contributed by atoms with van der Waals surface area (Å²) in [5.74, 6) is 2.09. The third kappa shape index (κ3) is 8.66. The number of rotatable bonds is 9. The molecule has 12 aromatic rings. The van der Waals surface area contributed by atoms with E-state index in [9.17, 15) is 10.5 Å². The number of fused-ring (bicyclic) bond motifs is 3. The van der Waals surface area contributed by atoms with Gasteiger partial charge in [-0.2, -0.15) is 10.5 Å². The smallest absolute Gasteiger partial charge is 0.189 e. The highest BCUT2D eigenvalue weighted by Crippen LogP contribution is 2.42. The largest absolute Gasteiger partial charge is 0.309 e. The molecule has 0 amide bonds. The van der Waals surface area contributed by atoms with Crippen molar-refractivity contribution in [2.24, 2.45) is 0 Å². The summed E-state index contributed by atoms with van der Waals surface area (Å²) >= 11 is 0.